The maximum Gasteiger partial charge on any atom is 0.338 e. The predicted octanol–water partition coefficient (Wildman–Crippen LogP) is 4.39. The van der Waals surface area contributed by atoms with Crippen LogP contribution in [0.4, 0.5) is 13.2 Å². The monoisotopic (exact) mass is 631 g/mol. The van der Waals surface area contributed by atoms with Crippen molar-refractivity contribution < 1.29 is 32.6 Å². The Labute approximate surface area is 257 Å². The first kappa shape index (κ1) is 30.7. The first-order valence-corrected chi connectivity index (χ1v) is 15.9. The van der Waals surface area contributed by atoms with Crippen molar-refractivity contribution in [2.45, 2.75) is 63.6 Å². The van der Waals surface area contributed by atoms with E-state index in [2.05, 4.69) is 10.3 Å². The van der Waals surface area contributed by atoms with Crippen molar-refractivity contribution in [3.05, 3.63) is 63.0 Å². The number of aromatic nitrogens is 1. The molecule has 13 heteroatoms. The lowest BCUT2D eigenvalue weighted by atomic mass is 9.73. The summed E-state index contributed by atoms with van der Waals surface area (Å²) in [6, 6.07) is 2.28. The number of ether oxygens (including phenoxy) is 1. The highest BCUT2D eigenvalue weighted by Gasteiger charge is 2.59. The Kier molecular flexibility index (Phi) is 8.55. The highest BCUT2D eigenvalue weighted by atomic mass is 32.1. The number of aliphatic imine (C=N–C) groups is 1. The molecule has 0 spiro atoms. The molecule has 0 unspecified atom stereocenters. The maximum absolute atomic E-state index is 15.7. The summed E-state index contributed by atoms with van der Waals surface area (Å²) in [6.07, 6.45) is 4.08. The molecule has 2 N–H and O–H groups in total. The smallest absolute Gasteiger partial charge is 0.338 e. The number of likely N-dealkylation sites (tertiary alicyclic amines) is 2. The molecule has 6 rings (SSSR count). The van der Waals surface area contributed by atoms with Crippen molar-refractivity contribution in [2.24, 2.45) is 16.8 Å². The molecule has 0 amide bonds. The highest BCUT2D eigenvalue weighted by Crippen LogP contribution is 2.44. The molecule has 3 fully saturated rings. The number of alkyl halides is 2. The number of thiazole rings is 1. The summed E-state index contributed by atoms with van der Waals surface area (Å²) >= 11 is 1.34. The van der Waals surface area contributed by atoms with Gasteiger partial charge in [-0.3, -0.25) is 19.6 Å². The molecule has 4 heterocycles. The Bertz CT molecular complexity index is 1480. The van der Waals surface area contributed by atoms with Gasteiger partial charge in [-0.1, -0.05) is 12.1 Å². The van der Waals surface area contributed by atoms with Gasteiger partial charge in [0.2, 0.25) is 0 Å². The van der Waals surface area contributed by atoms with Gasteiger partial charge in [-0.2, -0.15) is 0 Å². The van der Waals surface area contributed by atoms with E-state index in [1.807, 2.05) is 4.90 Å². The van der Waals surface area contributed by atoms with Gasteiger partial charge in [0.1, 0.15) is 11.9 Å². The van der Waals surface area contributed by atoms with E-state index in [0.29, 0.717) is 66.4 Å². The number of benzene rings is 1. The zero-order valence-corrected chi connectivity index (χ0v) is 25.5. The average Bonchev–Trinajstić information content (AvgIpc) is 3.68. The third-order valence-corrected chi connectivity index (χ3v) is 10.2. The van der Waals surface area contributed by atoms with Gasteiger partial charge >= 0.3 is 11.9 Å². The molecule has 4 aliphatic rings. The van der Waals surface area contributed by atoms with Crippen LogP contribution in [0.3, 0.4) is 0 Å². The SMILES string of the molecule is CCOC(=O)C1=C(CN2CC(F)(F)[C@H]3[C@@H]2CCN3CCC2CC(C(=O)O)C2)NC(c2nccs2)=N[C@H]1c1cccc(F)c1C. The third-order valence-electron chi connectivity index (χ3n) is 9.42. The second kappa shape index (κ2) is 12.2. The molecule has 1 aromatic heterocycles. The number of carboxylic acids is 1. The standard InChI is InChI=1S/C31H36F3N5O4S/c1-3-43-30(42)24-22(36-27(28-35-9-12-44-28)37-25(24)20-5-4-6-21(32)17(20)2)15-39-16-31(33,34)26-23(39)8-11-38(26)10-7-18-13-19(14-18)29(40)41/h4-6,9,12,18-19,23,25-26H,3,7-8,10-11,13-16H2,1-2H3,(H,36,37)(H,40,41)/t18?,19?,23-,25-,26+/m0/s1. The second-order valence-electron chi connectivity index (χ2n) is 12.1. The van der Waals surface area contributed by atoms with Crippen LogP contribution in [0.15, 0.2) is 46.0 Å². The molecule has 0 bridgehead atoms. The molecule has 3 aliphatic heterocycles. The van der Waals surface area contributed by atoms with Gasteiger partial charge in [0.05, 0.1) is 30.7 Å². The first-order chi connectivity index (χ1) is 21.1. The van der Waals surface area contributed by atoms with Crippen molar-refractivity contribution in [1.82, 2.24) is 20.1 Å². The number of amidine groups is 1. The van der Waals surface area contributed by atoms with Gasteiger partial charge in [-0.15, -0.1) is 11.3 Å². The minimum absolute atomic E-state index is 0.0247. The highest BCUT2D eigenvalue weighted by molar-refractivity contribution is 7.11. The van der Waals surface area contributed by atoms with E-state index >= 15 is 8.78 Å². The zero-order chi connectivity index (χ0) is 31.2. The van der Waals surface area contributed by atoms with Crippen LogP contribution >= 0.6 is 11.3 Å². The number of aliphatic carboxylic acids is 1. The fourth-order valence-corrected chi connectivity index (χ4v) is 7.75. The van der Waals surface area contributed by atoms with Crippen LogP contribution < -0.4 is 5.32 Å². The lowest BCUT2D eigenvalue weighted by molar-refractivity contribution is -0.146. The molecular weight excluding hydrogens is 595 g/mol. The number of halogens is 3. The van der Waals surface area contributed by atoms with Crippen molar-refractivity contribution in [3.63, 3.8) is 0 Å². The van der Waals surface area contributed by atoms with E-state index < -0.39 is 48.3 Å². The van der Waals surface area contributed by atoms with Gasteiger partial charge in [0, 0.05) is 36.4 Å². The summed E-state index contributed by atoms with van der Waals surface area (Å²) in [5.74, 6) is -4.53. The van der Waals surface area contributed by atoms with E-state index in [4.69, 9.17) is 14.8 Å². The van der Waals surface area contributed by atoms with E-state index in [-0.39, 0.29) is 30.6 Å². The van der Waals surface area contributed by atoms with Crippen molar-refractivity contribution >= 4 is 29.1 Å². The van der Waals surface area contributed by atoms with Crippen LogP contribution in [0.1, 0.15) is 54.8 Å². The molecule has 3 atom stereocenters. The van der Waals surface area contributed by atoms with Crippen molar-refractivity contribution in [1.29, 1.82) is 0 Å². The number of fused-ring (bicyclic) bond motifs is 1. The predicted molar refractivity (Wildman–Crippen MR) is 158 cm³/mol. The van der Waals surface area contributed by atoms with Gasteiger partial charge in [-0.05, 0) is 69.2 Å². The van der Waals surface area contributed by atoms with E-state index in [9.17, 15) is 14.0 Å². The summed E-state index contributed by atoms with van der Waals surface area (Å²) in [6.45, 7) is 3.98. The van der Waals surface area contributed by atoms with Crippen molar-refractivity contribution in [2.75, 3.05) is 32.8 Å². The van der Waals surface area contributed by atoms with Gasteiger partial charge in [-0.25, -0.2) is 22.9 Å². The summed E-state index contributed by atoms with van der Waals surface area (Å²) in [5.41, 5.74) is 1.38. The zero-order valence-electron chi connectivity index (χ0n) is 24.6. The number of nitrogens with zero attached hydrogens (tertiary/aromatic N) is 4. The molecule has 236 valence electrons. The summed E-state index contributed by atoms with van der Waals surface area (Å²) in [5, 5.41) is 14.7. The minimum Gasteiger partial charge on any atom is -0.481 e. The molecule has 1 aliphatic carbocycles. The second-order valence-corrected chi connectivity index (χ2v) is 13.0. The fourth-order valence-electron chi connectivity index (χ4n) is 7.16. The third kappa shape index (κ3) is 5.77. The summed E-state index contributed by atoms with van der Waals surface area (Å²) < 4.78 is 51.6. The van der Waals surface area contributed by atoms with Crippen LogP contribution in [-0.4, -0.2) is 88.5 Å². The van der Waals surface area contributed by atoms with Gasteiger partial charge in [0.15, 0.2) is 10.8 Å². The number of nitrogens with one attached hydrogen (secondary N) is 1. The number of carbonyl (C=O) groups excluding carboxylic acids is 1. The topological polar surface area (TPSA) is 107 Å². The molecule has 0 radical (unpaired) electrons. The van der Waals surface area contributed by atoms with Crippen LogP contribution in [0, 0.1) is 24.6 Å². The van der Waals surface area contributed by atoms with Crippen LogP contribution in [0.25, 0.3) is 0 Å². The number of esters is 1. The molecule has 44 heavy (non-hydrogen) atoms. The molecule has 2 saturated heterocycles. The number of rotatable bonds is 10. The number of hydrogen-bond acceptors (Lipinski definition) is 9. The van der Waals surface area contributed by atoms with E-state index in [1.54, 1.807) is 42.5 Å². The Balaban J connectivity index is 1.29. The normalized spacial score (nSPS) is 28.3. The summed E-state index contributed by atoms with van der Waals surface area (Å²) in [4.78, 5) is 37.4. The average molecular weight is 632 g/mol. The Hall–Kier alpha value is -3.29. The Morgan fingerprint density at radius 2 is 2.05 bits per heavy atom. The Morgan fingerprint density at radius 3 is 2.75 bits per heavy atom. The molecule has 9 nitrogen and oxygen atoms in total. The fraction of sp³-hybridized carbons (Fsp3) is 0.548. The number of hydrogen-bond donors (Lipinski definition) is 2. The number of carboxylic acid groups (broad SMARTS) is 1. The van der Waals surface area contributed by atoms with Gasteiger partial charge in [0.25, 0.3) is 5.92 Å². The van der Waals surface area contributed by atoms with Gasteiger partial charge < -0.3 is 15.2 Å². The lowest BCUT2D eigenvalue weighted by Crippen LogP contribution is -2.46. The van der Waals surface area contributed by atoms with E-state index in [1.165, 1.54) is 17.4 Å². The van der Waals surface area contributed by atoms with E-state index in [0.717, 1.165) is 0 Å². The summed E-state index contributed by atoms with van der Waals surface area (Å²) in [7, 11) is 0. The van der Waals surface area contributed by atoms with Crippen LogP contribution in [0.2, 0.25) is 0 Å². The first-order valence-electron chi connectivity index (χ1n) is 15.1. The largest absolute Gasteiger partial charge is 0.481 e. The molecule has 1 saturated carbocycles. The van der Waals surface area contributed by atoms with Crippen LogP contribution in [-0.2, 0) is 14.3 Å². The minimum atomic E-state index is -2.98. The Morgan fingerprint density at radius 1 is 1.25 bits per heavy atom. The molecule has 1 aromatic carbocycles. The lowest BCUT2D eigenvalue weighted by Gasteiger charge is -2.35. The van der Waals surface area contributed by atoms with Crippen LogP contribution in [0.5, 0.6) is 0 Å². The number of carbonyl (C=O) groups is 2. The molecular formula is C31H36F3N5O4S. The quantitative estimate of drug-likeness (QED) is 0.372. The molecule has 2 aromatic rings. The maximum atomic E-state index is 15.7. The van der Waals surface area contributed by atoms with Crippen molar-refractivity contribution in [3.8, 4) is 0 Å².